The third kappa shape index (κ3) is 3.53. The second kappa shape index (κ2) is 7.12. The maximum Gasteiger partial charge on any atom is 0.433 e. The van der Waals surface area contributed by atoms with Crippen molar-refractivity contribution in [3.8, 4) is 6.07 Å². The molecule has 1 aromatic heterocycles. The molecule has 1 saturated carbocycles. The Labute approximate surface area is 137 Å². The average Bonchev–Trinajstić information content (AvgIpc) is 3.09. The highest BCUT2D eigenvalue weighted by atomic mass is 16.7. The van der Waals surface area contributed by atoms with Crippen LogP contribution in [0.3, 0.4) is 0 Å². The van der Waals surface area contributed by atoms with Gasteiger partial charge in [-0.2, -0.15) is 5.26 Å². The summed E-state index contributed by atoms with van der Waals surface area (Å²) in [6.07, 6.45) is 3.92. The fourth-order valence-corrected chi connectivity index (χ4v) is 2.73. The zero-order valence-electron chi connectivity index (χ0n) is 13.2. The topological polar surface area (TPSA) is 127 Å². The highest BCUT2D eigenvalue weighted by Crippen LogP contribution is 2.32. The van der Waals surface area contributed by atoms with Gasteiger partial charge >= 0.3 is 11.9 Å². The molecule has 1 aromatic rings. The molecule has 0 aromatic carbocycles. The van der Waals surface area contributed by atoms with E-state index in [1.54, 1.807) is 0 Å². The van der Waals surface area contributed by atoms with Crippen LogP contribution in [0.5, 0.6) is 0 Å². The zero-order chi connectivity index (χ0) is 17.7. The summed E-state index contributed by atoms with van der Waals surface area (Å²) in [7, 11) is 1.52. The summed E-state index contributed by atoms with van der Waals surface area (Å²) >= 11 is 0. The number of nitro groups is 1. The normalized spacial score (nSPS) is 16.0. The standard InChI is InChI=1S/C15H17N3O6/c1-17(15(10-16)7-3-2-4-8-15)12(19)9-23-14(20)11-5-6-13(24-11)18(21)22/h5-6H,2-4,7-9H2,1H3. The van der Waals surface area contributed by atoms with Crippen molar-refractivity contribution in [3.05, 3.63) is 28.0 Å². The number of furan rings is 1. The van der Waals surface area contributed by atoms with Gasteiger partial charge in [-0.05, 0) is 18.9 Å². The third-order valence-electron chi connectivity index (χ3n) is 4.20. The molecule has 1 heterocycles. The summed E-state index contributed by atoms with van der Waals surface area (Å²) in [4.78, 5) is 35.0. The van der Waals surface area contributed by atoms with E-state index in [0.717, 1.165) is 31.4 Å². The van der Waals surface area contributed by atoms with Crippen molar-refractivity contribution in [2.24, 2.45) is 0 Å². The van der Waals surface area contributed by atoms with Gasteiger partial charge in [-0.25, -0.2) is 4.79 Å². The van der Waals surface area contributed by atoms with Crippen LogP contribution in [0.15, 0.2) is 16.5 Å². The monoisotopic (exact) mass is 335 g/mol. The van der Waals surface area contributed by atoms with Gasteiger partial charge in [0, 0.05) is 7.05 Å². The first-order chi connectivity index (χ1) is 11.4. The molecule has 0 spiro atoms. The van der Waals surface area contributed by atoms with E-state index < -0.39 is 34.8 Å². The lowest BCUT2D eigenvalue weighted by molar-refractivity contribution is -0.402. The van der Waals surface area contributed by atoms with Crippen LogP contribution < -0.4 is 0 Å². The van der Waals surface area contributed by atoms with Gasteiger partial charge in [-0.1, -0.05) is 19.3 Å². The lowest BCUT2D eigenvalue weighted by Crippen LogP contribution is -2.51. The summed E-state index contributed by atoms with van der Waals surface area (Å²) in [5, 5.41) is 19.9. The zero-order valence-corrected chi connectivity index (χ0v) is 13.2. The van der Waals surface area contributed by atoms with E-state index in [1.807, 2.05) is 0 Å². The van der Waals surface area contributed by atoms with Gasteiger partial charge in [0.25, 0.3) is 5.91 Å². The quantitative estimate of drug-likeness (QED) is 0.457. The van der Waals surface area contributed by atoms with Crippen LogP contribution in [-0.2, 0) is 9.53 Å². The largest absolute Gasteiger partial charge is 0.450 e. The van der Waals surface area contributed by atoms with E-state index >= 15 is 0 Å². The van der Waals surface area contributed by atoms with Gasteiger partial charge < -0.3 is 14.1 Å². The number of nitrogens with zero attached hydrogens (tertiary/aromatic N) is 3. The first kappa shape index (κ1) is 17.5. The van der Waals surface area contributed by atoms with Crippen LogP contribution in [0.4, 0.5) is 5.88 Å². The molecule has 9 nitrogen and oxygen atoms in total. The van der Waals surface area contributed by atoms with Gasteiger partial charge in [0.05, 0.1) is 12.1 Å². The van der Waals surface area contributed by atoms with Crippen LogP contribution in [0, 0.1) is 21.4 Å². The molecule has 0 saturated heterocycles. The number of hydrogen-bond acceptors (Lipinski definition) is 7. The molecule has 2 rings (SSSR count). The number of rotatable bonds is 5. The minimum absolute atomic E-state index is 0.357. The molecule has 0 bridgehead atoms. The fourth-order valence-electron chi connectivity index (χ4n) is 2.73. The number of amides is 1. The molecule has 0 radical (unpaired) electrons. The number of hydrogen-bond donors (Lipinski definition) is 0. The molecule has 0 unspecified atom stereocenters. The van der Waals surface area contributed by atoms with Crippen LogP contribution in [0.2, 0.25) is 0 Å². The van der Waals surface area contributed by atoms with Crippen molar-refractivity contribution >= 4 is 17.8 Å². The SMILES string of the molecule is CN(C(=O)COC(=O)c1ccc([N+](=O)[O-])o1)C1(C#N)CCCCC1. The van der Waals surface area contributed by atoms with Gasteiger partial charge in [-0.15, -0.1) is 0 Å². The third-order valence-corrected chi connectivity index (χ3v) is 4.20. The average molecular weight is 335 g/mol. The molecular weight excluding hydrogens is 318 g/mol. The molecule has 1 amide bonds. The number of likely N-dealkylation sites (N-methyl/N-ethyl adjacent to an activating group) is 1. The molecular formula is C15H17N3O6. The first-order valence-electron chi connectivity index (χ1n) is 7.49. The number of carbonyl (C=O) groups is 2. The number of esters is 1. The number of ether oxygens (including phenoxy) is 1. The molecule has 0 aliphatic heterocycles. The number of carbonyl (C=O) groups excluding carboxylic acids is 2. The molecule has 0 N–H and O–H groups in total. The van der Waals surface area contributed by atoms with E-state index in [4.69, 9.17) is 9.15 Å². The van der Waals surface area contributed by atoms with Crippen molar-refractivity contribution < 1.29 is 23.7 Å². The predicted octanol–water partition coefficient (Wildman–Crippen LogP) is 2.03. The molecule has 128 valence electrons. The van der Waals surface area contributed by atoms with Crippen LogP contribution in [0.1, 0.15) is 42.7 Å². The summed E-state index contributed by atoms with van der Waals surface area (Å²) in [6, 6.07) is 4.33. The Morgan fingerprint density at radius 2 is 2.08 bits per heavy atom. The molecule has 0 atom stereocenters. The smallest absolute Gasteiger partial charge is 0.433 e. The highest BCUT2D eigenvalue weighted by Gasteiger charge is 2.39. The first-order valence-corrected chi connectivity index (χ1v) is 7.49. The van der Waals surface area contributed by atoms with Crippen molar-refractivity contribution in [3.63, 3.8) is 0 Å². The molecule has 9 heteroatoms. The van der Waals surface area contributed by atoms with Gasteiger partial charge in [0.1, 0.15) is 10.5 Å². The van der Waals surface area contributed by atoms with E-state index in [9.17, 15) is 25.0 Å². The van der Waals surface area contributed by atoms with Gasteiger partial charge in [-0.3, -0.25) is 14.9 Å². The summed E-state index contributed by atoms with van der Waals surface area (Å²) in [5.74, 6) is -2.42. The van der Waals surface area contributed by atoms with Crippen molar-refractivity contribution in [1.29, 1.82) is 5.26 Å². The maximum absolute atomic E-state index is 12.2. The summed E-state index contributed by atoms with van der Waals surface area (Å²) in [5.41, 5.74) is -0.870. The van der Waals surface area contributed by atoms with E-state index in [2.05, 4.69) is 6.07 Å². The number of nitriles is 1. The Morgan fingerprint density at radius 1 is 1.42 bits per heavy atom. The Kier molecular flexibility index (Phi) is 5.18. The van der Waals surface area contributed by atoms with Crippen molar-refractivity contribution in [2.45, 2.75) is 37.6 Å². The maximum atomic E-state index is 12.2. The van der Waals surface area contributed by atoms with Crippen molar-refractivity contribution in [1.82, 2.24) is 4.90 Å². The highest BCUT2D eigenvalue weighted by molar-refractivity contribution is 5.89. The van der Waals surface area contributed by atoms with E-state index in [-0.39, 0.29) is 5.76 Å². The Bertz CT molecular complexity index is 684. The van der Waals surface area contributed by atoms with Crippen molar-refractivity contribution in [2.75, 3.05) is 13.7 Å². The van der Waals surface area contributed by atoms with E-state index in [0.29, 0.717) is 12.8 Å². The van der Waals surface area contributed by atoms with E-state index in [1.165, 1.54) is 11.9 Å². The minimum Gasteiger partial charge on any atom is -0.450 e. The van der Waals surface area contributed by atoms with Gasteiger partial charge in [0.2, 0.25) is 5.76 Å². The van der Waals surface area contributed by atoms with Crippen LogP contribution in [-0.4, -0.2) is 40.9 Å². The second-order valence-electron chi connectivity index (χ2n) is 5.63. The summed E-state index contributed by atoms with van der Waals surface area (Å²) in [6.45, 7) is -0.562. The fraction of sp³-hybridized carbons (Fsp3) is 0.533. The molecule has 1 aliphatic rings. The Morgan fingerprint density at radius 3 is 2.62 bits per heavy atom. The second-order valence-corrected chi connectivity index (χ2v) is 5.63. The Hall–Kier alpha value is -2.89. The van der Waals surface area contributed by atoms with Crippen LogP contribution in [0.25, 0.3) is 0 Å². The van der Waals surface area contributed by atoms with Gasteiger partial charge in [0.15, 0.2) is 6.61 Å². The lowest BCUT2D eigenvalue weighted by Gasteiger charge is -2.38. The lowest BCUT2D eigenvalue weighted by atomic mass is 9.81. The Balaban J connectivity index is 1.95. The minimum atomic E-state index is -0.973. The summed E-state index contributed by atoms with van der Waals surface area (Å²) < 4.78 is 9.53. The molecule has 1 fully saturated rings. The molecule has 1 aliphatic carbocycles. The van der Waals surface area contributed by atoms with Crippen LogP contribution >= 0.6 is 0 Å². The predicted molar refractivity (Wildman–Crippen MR) is 79.8 cm³/mol. The molecule has 24 heavy (non-hydrogen) atoms.